The molecule has 0 aliphatic carbocycles. The van der Waals surface area contributed by atoms with E-state index in [1.807, 2.05) is 13.8 Å². The van der Waals surface area contributed by atoms with Gasteiger partial charge in [-0.15, -0.1) is 0 Å². The molecule has 0 atom stereocenters. The van der Waals surface area contributed by atoms with Crippen LogP contribution in [0.2, 0.25) is 5.02 Å². The quantitative estimate of drug-likeness (QED) is 0.604. The minimum atomic E-state index is -3.77. The fourth-order valence-corrected chi connectivity index (χ4v) is 4.72. The largest absolute Gasteiger partial charge is 0.489 e. The number of nitrogens with zero attached hydrogens (tertiary/aromatic N) is 1. The summed E-state index contributed by atoms with van der Waals surface area (Å²) in [7, 11) is -3.77. The molecule has 0 radical (unpaired) electrons. The van der Waals surface area contributed by atoms with Gasteiger partial charge in [-0.3, -0.25) is 4.79 Å². The van der Waals surface area contributed by atoms with Gasteiger partial charge in [0.15, 0.2) is 0 Å². The van der Waals surface area contributed by atoms with Gasteiger partial charge in [0.2, 0.25) is 15.9 Å². The summed E-state index contributed by atoms with van der Waals surface area (Å²) in [4.78, 5) is 12.5. The first-order valence-corrected chi connectivity index (χ1v) is 11.8. The summed E-state index contributed by atoms with van der Waals surface area (Å²) < 4.78 is 52.2. The summed E-state index contributed by atoms with van der Waals surface area (Å²) >= 11 is 5.98. The molecule has 1 aliphatic rings. The van der Waals surface area contributed by atoms with Crippen molar-refractivity contribution in [3.05, 3.63) is 58.9 Å². The predicted molar refractivity (Wildman–Crippen MR) is 121 cm³/mol. The van der Waals surface area contributed by atoms with E-state index >= 15 is 0 Å². The van der Waals surface area contributed by atoms with Gasteiger partial charge in [-0.25, -0.2) is 12.8 Å². The molecule has 2 aromatic carbocycles. The van der Waals surface area contributed by atoms with Crippen LogP contribution in [0.25, 0.3) is 6.08 Å². The Morgan fingerprint density at radius 1 is 1.25 bits per heavy atom. The Morgan fingerprint density at radius 2 is 1.97 bits per heavy atom. The van der Waals surface area contributed by atoms with E-state index in [4.69, 9.17) is 21.1 Å². The number of anilines is 1. The second-order valence-corrected chi connectivity index (χ2v) is 9.64. The minimum Gasteiger partial charge on any atom is -0.489 e. The molecule has 1 heterocycles. The first-order valence-electron chi connectivity index (χ1n) is 10.00. The second-order valence-electron chi connectivity index (χ2n) is 7.30. The van der Waals surface area contributed by atoms with Gasteiger partial charge < -0.3 is 14.8 Å². The molecule has 0 unspecified atom stereocenters. The number of sulfonamides is 1. The third kappa shape index (κ3) is 5.86. The first kappa shape index (κ1) is 24.2. The molecule has 7 nitrogen and oxygen atoms in total. The van der Waals surface area contributed by atoms with E-state index in [0.717, 1.165) is 6.08 Å². The predicted octanol–water partition coefficient (Wildman–Crippen LogP) is 3.94. The molecular weight excluding hydrogens is 459 g/mol. The van der Waals surface area contributed by atoms with Crippen LogP contribution in [0.5, 0.6) is 5.75 Å². The van der Waals surface area contributed by atoms with Gasteiger partial charge >= 0.3 is 0 Å². The lowest BCUT2D eigenvalue weighted by Gasteiger charge is -2.26. The van der Waals surface area contributed by atoms with Gasteiger partial charge in [-0.05, 0) is 50.3 Å². The van der Waals surface area contributed by atoms with Crippen molar-refractivity contribution in [2.75, 3.05) is 31.6 Å². The molecule has 0 saturated carbocycles. The van der Waals surface area contributed by atoms with Crippen molar-refractivity contribution >= 4 is 39.3 Å². The SMILES string of the molecule is CC(C)Oc1ccc(S(=O)(=O)N2CCOCC2)cc1NC(=O)/C=C/c1c(F)cccc1Cl. The van der Waals surface area contributed by atoms with Crippen molar-refractivity contribution in [2.45, 2.75) is 24.8 Å². The van der Waals surface area contributed by atoms with Crippen LogP contribution >= 0.6 is 11.6 Å². The monoisotopic (exact) mass is 482 g/mol. The molecule has 1 N–H and O–H groups in total. The lowest BCUT2D eigenvalue weighted by Crippen LogP contribution is -2.40. The highest BCUT2D eigenvalue weighted by molar-refractivity contribution is 7.89. The Labute approximate surface area is 191 Å². The zero-order chi connectivity index (χ0) is 23.3. The van der Waals surface area contributed by atoms with Gasteiger partial charge in [0.1, 0.15) is 11.6 Å². The average Bonchev–Trinajstić information content (AvgIpc) is 2.75. The third-order valence-corrected chi connectivity index (χ3v) is 6.80. The summed E-state index contributed by atoms with van der Waals surface area (Å²) in [5.74, 6) is -0.852. The van der Waals surface area contributed by atoms with Crippen LogP contribution in [-0.4, -0.2) is 51.0 Å². The Hall–Kier alpha value is -2.46. The molecular formula is C22H24ClFN2O5S. The van der Waals surface area contributed by atoms with Gasteiger partial charge in [0.05, 0.1) is 34.9 Å². The molecule has 1 saturated heterocycles. The number of carbonyl (C=O) groups excluding carboxylic acids is 1. The molecule has 10 heteroatoms. The fraction of sp³-hybridized carbons (Fsp3) is 0.318. The molecule has 172 valence electrons. The lowest BCUT2D eigenvalue weighted by molar-refractivity contribution is -0.111. The Kier molecular flexibility index (Phi) is 7.89. The first-order chi connectivity index (χ1) is 15.2. The molecule has 1 amide bonds. The van der Waals surface area contributed by atoms with Gasteiger partial charge in [0.25, 0.3) is 0 Å². The summed E-state index contributed by atoms with van der Waals surface area (Å²) in [6, 6.07) is 8.50. The zero-order valence-corrected chi connectivity index (χ0v) is 19.2. The number of rotatable bonds is 7. The average molecular weight is 483 g/mol. The van der Waals surface area contributed by atoms with Crippen LogP contribution in [-0.2, 0) is 19.6 Å². The van der Waals surface area contributed by atoms with Crippen molar-refractivity contribution in [3.63, 3.8) is 0 Å². The smallest absolute Gasteiger partial charge is 0.248 e. The Bertz CT molecular complexity index is 1100. The molecule has 1 aliphatic heterocycles. The highest BCUT2D eigenvalue weighted by atomic mass is 35.5. The topological polar surface area (TPSA) is 84.9 Å². The van der Waals surface area contributed by atoms with E-state index in [1.54, 1.807) is 0 Å². The van der Waals surface area contributed by atoms with Crippen molar-refractivity contribution in [1.29, 1.82) is 0 Å². The normalized spacial score (nSPS) is 15.3. The zero-order valence-electron chi connectivity index (χ0n) is 17.7. The van der Waals surface area contributed by atoms with E-state index in [-0.39, 0.29) is 40.4 Å². The number of hydrogen-bond acceptors (Lipinski definition) is 5. The Balaban J connectivity index is 1.88. The van der Waals surface area contributed by atoms with Crippen LogP contribution in [0.15, 0.2) is 47.4 Å². The summed E-state index contributed by atoms with van der Waals surface area (Å²) in [5, 5.41) is 2.78. The second kappa shape index (κ2) is 10.4. The minimum absolute atomic E-state index is 0.0203. The Morgan fingerprint density at radius 3 is 2.62 bits per heavy atom. The van der Waals surface area contributed by atoms with Crippen LogP contribution in [0.1, 0.15) is 19.4 Å². The van der Waals surface area contributed by atoms with Crippen LogP contribution in [0, 0.1) is 5.82 Å². The third-order valence-electron chi connectivity index (χ3n) is 4.58. The maximum Gasteiger partial charge on any atom is 0.248 e. The van der Waals surface area contributed by atoms with E-state index in [1.165, 1.54) is 46.8 Å². The van der Waals surface area contributed by atoms with Gasteiger partial charge in [0, 0.05) is 24.7 Å². The molecule has 2 aromatic rings. The highest BCUT2D eigenvalue weighted by Gasteiger charge is 2.27. The van der Waals surface area contributed by atoms with Crippen molar-refractivity contribution in [2.24, 2.45) is 0 Å². The van der Waals surface area contributed by atoms with Crippen LogP contribution in [0.3, 0.4) is 0 Å². The van der Waals surface area contributed by atoms with Gasteiger partial charge in [-0.1, -0.05) is 17.7 Å². The van der Waals surface area contributed by atoms with Crippen molar-refractivity contribution in [3.8, 4) is 5.75 Å². The standard InChI is InChI=1S/C22H24ClFN2O5S/c1-15(2)31-21-8-6-16(32(28,29)26-10-12-30-13-11-26)14-20(21)25-22(27)9-7-17-18(23)4-3-5-19(17)24/h3-9,14-15H,10-13H2,1-2H3,(H,25,27)/b9-7+. The van der Waals surface area contributed by atoms with E-state index < -0.39 is 21.7 Å². The number of halogens is 2. The number of benzene rings is 2. The molecule has 0 bridgehead atoms. The number of nitrogens with one attached hydrogen (secondary N) is 1. The van der Waals surface area contributed by atoms with E-state index in [9.17, 15) is 17.6 Å². The molecule has 3 rings (SSSR count). The molecule has 0 aromatic heterocycles. The molecule has 0 spiro atoms. The van der Waals surface area contributed by atoms with Crippen LogP contribution < -0.4 is 10.1 Å². The highest BCUT2D eigenvalue weighted by Crippen LogP contribution is 2.30. The number of hydrogen-bond donors (Lipinski definition) is 1. The number of morpholine rings is 1. The number of amides is 1. The summed E-state index contributed by atoms with van der Waals surface area (Å²) in [6.07, 6.45) is 2.16. The van der Waals surface area contributed by atoms with Gasteiger partial charge in [-0.2, -0.15) is 4.31 Å². The maximum absolute atomic E-state index is 13.9. The van der Waals surface area contributed by atoms with Crippen molar-refractivity contribution < 1.29 is 27.1 Å². The van der Waals surface area contributed by atoms with Crippen molar-refractivity contribution in [1.82, 2.24) is 4.31 Å². The summed E-state index contributed by atoms with van der Waals surface area (Å²) in [6.45, 7) is 4.76. The fourth-order valence-electron chi connectivity index (χ4n) is 3.06. The molecule has 1 fully saturated rings. The molecule has 32 heavy (non-hydrogen) atoms. The van der Waals surface area contributed by atoms with E-state index in [0.29, 0.717) is 19.0 Å². The lowest BCUT2D eigenvalue weighted by atomic mass is 10.2. The van der Waals surface area contributed by atoms with E-state index in [2.05, 4.69) is 5.32 Å². The van der Waals surface area contributed by atoms with Crippen LogP contribution in [0.4, 0.5) is 10.1 Å². The summed E-state index contributed by atoms with van der Waals surface area (Å²) in [5.41, 5.74) is 0.258. The number of carbonyl (C=O) groups is 1. The maximum atomic E-state index is 13.9. The number of ether oxygens (including phenoxy) is 2.